The first-order chi connectivity index (χ1) is 8.54. The van der Waals surface area contributed by atoms with Crippen LogP contribution in [0.5, 0.6) is 0 Å². The number of nitrogens with zero attached hydrogens (tertiary/aromatic N) is 3. The van der Waals surface area contributed by atoms with E-state index in [1.165, 1.54) is 0 Å². The van der Waals surface area contributed by atoms with E-state index in [1.54, 1.807) is 11.6 Å². The second-order valence-corrected chi connectivity index (χ2v) is 4.42. The average Bonchev–Trinajstić information content (AvgIpc) is 2.66. The third-order valence-electron chi connectivity index (χ3n) is 3.29. The number of nitro groups is 1. The largest absolute Gasteiger partial charge is 0.364 e. The fraction of sp³-hybridized carbons (Fsp3) is 0.750. The lowest BCUT2D eigenvalue weighted by atomic mass is 10.0. The van der Waals surface area contributed by atoms with Crippen molar-refractivity contribution in [1.82, 2.24) is 9.78 Å². The van der Waals surface area contributed by atoms with E-state index in [1.807, 2.05) is 6.92 Å². The molecule has 6 nitrogen and oxygen atoms in total. The van der Waals surface area contributed by atoms with Crippen molar-refractivity contribution in [3.8, 4) is 0 Å². The van der Waals surface area contributed by atoms with Gasteiger partial charge in [-0.3, -0.25) is 10.1 Å². The summed E-state index contributed by atoms with van der Waals surface area (Å²) in [5.74, 6) is 1.07. The van der Waals surface area contributed by atoms with Gasteiger partial charge in [-0.1, -0.05) is 26.7 Å². The molecule has 0 saturated heterocycles. The fourth-order valence-corrected chi connectivity index (χ4v) is 2.01. The van der Waals surface area contributed by atoms with Crippen LogP contribution in [0.25, 0.3) is 0 Å². The average molecular weight is 254 g/mol. The molecule has 0 aromatic carbocycles. The third kappa shape index (κ3) is 3.00. The minimum absolute atomic E-state index is 0.0998. The Morgan fingerprint density at radius 1 is 1.39 bits per heavy atom. The summed E-state index contributed by atoms with van der Waals surface area (Å²) in [4.78, 5) is 10.7. The van der Waals surface area contributed by atoms with Crippen molar-refractivity contribution in [2.75, 3.05) is 11.9 Å². The Hall–Kier alpha value is -1.59. The normalized spacial score (nSPS) is 10.9. The van der Waals surface area contributed by atoms with Crippen molar-refractivity contribution in [1.29, 1.82) is 0 Å². The molecular weight excluding hydrogens is 232 g/mol. The highest BCUT2D eigenvalue weighted by molar-refractivity contribution is 5.59. The van der Waals surface area contributed by atoms with Gasteiger partial charge in [0.25, 0.3) is 0 Å². The van der Waals surface area contributed by atoms with E-state index in [0.29, 0.717) is 24.0 Å². The molecule has 0 aliphatic heterocycles. The highest BCUT2D eigenvalue weighted by Crippen LogP contribution is 2.28. The molecule has 1 N–H and O–H groups in total. The zero-order valence-electron chi connectivity index (χ0n) is 11.6. The SMILES string of the molecule is CCC(CC)CNc1c([N+](=O)[O-])c(C)nn1CC. The number of anilines is 1. The van der Waals surface area contributed by atoms with Gasteiger partial charge in [-0.25, -0.2) is 4.68 Å². The maximum Gasteiger partial charge on any atom is 0.333 e. The molecule has 18 heavy (non-hydrogen) atoms. The lowest BCUT2D eigenvalue weighted by Gasteiger charge is -2.14. The molecule has 0 fully saturated rings. The highest BCUT2D eigenvalue weighted by atomic mass is 16.6. The van der Waals surface area contributed by atoms with Gasteiger partial charge in [-0.15, -0.1) is 0 Å². The first-order valence-electron chi connectivity index (χ1n) is 6.50. The van der Waals surface area contributed by atoms with Crippen molar-refractivity contribution in [3.63, 3.8) is 0 Å². The van der Waals surface area contributed by atoms with Gasteiger partial charge in [-0.2, -0.15) is 5.10 Å². The van der Waals surface area contributed by atoms with Gasteiger partial charge >= 0.3 is 5.69 Å². The summed E-state index contributed by atoms with van der Waals surface area (Å²) in [7, 11) is 0. The molecule has 0 bridgehead atoms. The number of aromatic nitrogens is 2. The summed E-state index contributed by atoms with van der Waals surface area (Å²) in [6, 6.07) is 0. The molecule has 0 radical (unpaired) electrons. The van der Waals surface area contributed by atoms with Crippen molar-refractivity contribution >= 4 is 11.5 Å². The summed E-state index contributed by atoms with van der Waals surface area (Å²) >= 11 is 0. The maximum atomic E-state index is 11.1. The number of hydrogen-bond acceptors (Lipinski definition) is 4. The summed E-state index contributed by atoms with van der Waals surface area (Å²) in [5, 5.41) is 18.5. The van der Waals surface area contributed by atoms with Crippen LogP contribution in [0, 0.1) is 23.0 Å². The summed E-state index contributed by atoms with van der Waals surface area (Å²) in [5.41, 5.74) is 0.566. The van der Waals surface area contributed by atoms with Crippen LogP contribution in [0.3, 0.4) is 0 Å². The second-order valence-electron chi connectivity index (χ2n) is 4.42. The van der Waals surface area contributed by atoms with E-state index >= 15 is 0 Å². The minimum atomic E-state index is -0.357. The molecule has 1 rings (SSSR count). The van der Waals surface area contributed by atoms with Crippen LogP contribution >= 0.6 is 0 Å². The van der Waals surface area contributed by atoms with Crippen molar-refractivity contribution < 1.29 is 4.92 Å². The zero-order valence-corrected chi connectivity index (χ0v) is 11.6. The quantitative estimate of drug-likeness (QED) is 0.599. The molecule has 0 spiro atoms. The maximum absolute atomic E-state index is 11.1. The van der Waals surface area contributed by atoms with Crippen LogP contribution in [0.15, 0.2) is 0 Å². The minimum Gasteiger partial charge on any atom is -0.364 e. The monoisotopic (exact) mass is 254 g/mol. The van der Waals surface area contributed by atoms with Crippen LogP contribution < -0.4 is 5.32 Å². The lowest BCUT2D eigenvalue weighted by molar-refractivity contribution is -0.384. The van der Waals surface area contributed by atoms with Crippen LogP contribution in [0.4, 0.5) is 11.5 Å². The zero-order chi connectivity index (χ0) is 13.7. The summed E-state index contributed by atoms with van der Waals surface area (Å²) in [6.45, 7) is 9.24. The van der Waals surface area contributed by atoms with Crippen molar-refractivity contribution in [3.05, 3.63) is 15.8 Å². The van der Waals surface area contributed by atoms with Crippen LogP contribution in [0.2, 0.25) is 0 Å². The molecule has 0 unspecified atom stereocenters. The molecule has 0 atom stereocenters. The fourth-order valence-electron chi connectivity index (χ4n) is 2.01. The first kappa shape index (κ1) is 14.5. The van der Waals surface area contributed by atoms with Gasteiger partial charge in [-0.05, 0) is 19.8 Å². The van der Waals surface area contributed by atoms with E-state index in [-0.39, 0.29) is 10.6 Å². The number of hydrogen-bond donors (Lipinski definition) is 1. The molecule has 6 heteroatoms. The molecule has 0 aliphatic carbocycles. The Morgan fingerprint density at radius 3 is 2.44 bits per heavy atom. The van der Waals surface area contributed by atoms with Crippen LogP contribution in [-0.2, 0) is 6.54 Å². The third-order valence-corrected chi connectivity index (χ3v) is 3.29. The molecule has 102 valence electrons. The van der Waals surface area contributed by atoms with E-state index < -0.39 is 0 Å². The summed E-state index contributed by atoms with van der Waals surface area (Å²) in [6.07, 6.45) is 2.13. The van der Waals surface area contributed by atoms with Crippen LogP contribution in [0.1, 0.15) is 39.3 Å². The number of aryl methyl sites for hydroxylation is 2. The lowest BCUT2D eigenvalue weighted by Crippen LogP contribution is -2.16. The molecular formula is C12H22N4O2. The molecule has 1 heterocycles. The molecule has 1 aromatic heterocycles. The van der Waals surface area contributed by atoms with Gasteiger partial charge in [0.05, 0.1) is 4.92 Å². The van der Waals surface area contributed by atoms with Gasteiger partial charge in [0.2, 0.25) is 5.82 Å². The van der Waals surface area contributed by atoms with Crippen LogP contribution in [-0.4, -0.2) is 21.2 Å². The van der Waals surface area contributed by atoms with Gasteiger partial charge < -0.3 is 5.32 Å². The predicted octanol–water partition coefficient (Wildman–Crippen LogP) is 2.97. The van der Waals surface area contributed by atoms with Crippen molar-refractivity contribution in [2.24, 2.45) is 5.92 Å². The standard InChI is InChI=1S/C12H22N4O2/c1-5-10(6-2)8-13-12-11(16(17)18)9(4)14-15(12)7-3/h10,13H,5-8H2,1-4H3. The smallest absolute Gasteiger partial charge is 0.333 e. The Kier molecular flexibility index (Phi) is 5.12. The van der Waals surface area contributed by atoms with Gasteiger partial charge in [0.1, 0.15) is 5.69 Å². The number of rotatable bonds is 7. The van der Waals surface area contributed by atoms with Gasteiger partial charge in [0, 0.05) is 13.1 Å². The molecule has 0 amide bonds. The van der Waals surface area contributed by atoms with E-state index in [9.17, 15) is 10.1 Å². The van der Waals surface area contributed by atoms with E-state index in [2.05, 4.69) is 24.3 Å². The Morgan fingerprint density at radius 2 is 2.00 bits per heavy atom. The highest BCUT2D eigenvalue weighted by Gasteiger charge is 2.24. The topological polar surface area (TPSA) is 73.0 Å². The second kappa shape index (κ2) is 6.37. The molecule has 1 aromatic rings. The number of nitrogens with one attached hydrogen (secondary N) is 1. The molecule has 0 aliphatic rings. The van der Waals surface area contributed by atoms with E-state index in [4.69, 9.17) is 0 Å². The Bertz CT molecular complexity index is 410. The van der Waals surface area contributed by atoms with Gasteiger partial charge in [0.15, 0.2) is 0 Å². The first-order valence-corrected chi connectivity index (χ1v) is 6.50. The molecule has 0 saturated carbocycles. The Labute approximate surface area is 108 Å². The Balaban J connectivity index is 2.95. The summed E-state index contributed by atoms with van der Waals surface area (Å²) < 4.78 is 1.66. The van der Waals surface area contributed by atoms with Crippen molar-refractivity contribution in [2.45, 2.75) is 47.1 Å². The predicted molar refractivity (Wildman–Crippen MR) is 71.9 cm³/mol. The van der Waals surface area contributed by atoms with E-state index in [0.717, 1.165) is 19.4 Å².